The molecule has 15 heavy (non-hydrogen) atoms. The molecule has 0 bridgehead atoms. The third-order valence-electron chi connectivity index (χ3n) is 3.53. The van der Waals surface area contributed by atoms with Crippen LogP contribution in [0.25, 0.3) is 0 Å². The molecule has 2 aliphatic rings. The Balaban J connectivity index is 2.21. The van der Waals surface area contributed by atoms with Gasteiger partial charge in [0.15, 0.2) is 0 Å². The van der Waals surface area contributed by atoms with Crippen molar-refractivity contribution in [3.8, 4) is 0 Å². The lowest BCUT2D eigenvalue weighted by atomic mass is 9.96. The summed E-state index contributed by atoms with van der Waals surface area (Å²) < 4.78 is 1.28. The summed E-state index contributed by atoms with van der Waals surface area (Å²) in [4.78, 5) is 2.38. The monoisotopic (exact) mass is 266 g/mol. The lowest BCUT2D eigenvalue weighted by molar-refractivity contribution is 0.625. The smallest absolute Gasteiger partial charge is 0.0403 e. The molecule has 2 aliphatic heterocycles. The summed E-state index contributed by atoms with van der Waals surface area (Å²) in [5.41, 5.74) is 4.53. The molecule has 1 aromatic rings. The number of nitrogens with one attached hydrogen (secondary N) is 1. The maximum atomic E-state index is 3.68. The van der Waals surface area contributed by atoms with Gasteiger partial charge < -0.3 is 10.2 Å². The van der Waals surface area contributed by atoms with Gasteiger partial charge >= 0.3 is 0 Å². The van der Waals surface area contributed by atoms with E-state index in [1.807, 2.05) is 0 Å². The van der Waals surface area contributed by atoms with Crippen LogP contribution in [0.4, 0.5) is 5.69 Å². The Morgan fingerprint density at radius 2 is 2.33 bits per heavy atom. The number of halogens is 1. The first kappa shape index (κ1) is 9.67. The summed E-state index contributed by atoms with van der Waals surface area (Å²) in [5, 5.41) is 3.53. The van der Waals surface area contributed by atoms with E-state index in [4.69, 9.17) is 0 Å². The van der Waals surface area contributed by atoms with E-state index in [2.05, 4.69) is 45.3 Å². The van der Waals surface area contributed by atoms with Crippen LogP contribution in [0, 0.1) is 0 Å². The van der Waals surface area contributed by atoms with Gasteiger partial charge in [0.2, 0.25) is 0 Å². The van der Waals surface area contributed by atoms with Gasteiger partial charge in [-0.1, -0.05) is 15.9 Å². The number of nitrogens with zero attached hydrogens (tertiary/aromatic N) is 1. The lowest BCUT2D eigenvalue weighted by Crippen LogP contribution is -2.24. The normalized spacial score (nSPS) is 23.9. The van der Waals surface area contributed by atoms with E-state index in [0.717, 1.165) is 26.1 Å². The van der Waals surface area contributed by atoms with Gasteiger partial charge in [0.25, 0.3) is 0 Å². The molecule has 0 saturated carbocycles. The van der Waals surface area contributed by atoms with Crippen LogP contribution in [0.3, 0.4) is 0 Å². The van der Waals surface area contributed by atoms with E-state index >= 15 is 0 Å². The zero-order chi connectivity index (χ0) is 10.4. The molecule has 1 atom stereocenters. The Bertz CT molecular complexity index is 403. The van der Waals surface area contributed by atoms with Crippen LogP contribution in [-0.2, 0) is 6.42 Å². The Morgan fingerprint density at radius 3 is 3.20 bits per heavy atom. The summed E-state index contributed by atoms with van der Waals surface area (Å²) in [6.45, 7) is 3.39. The largest absolute Gasteiger partial charge is 0.374 e. The summed E-state index contributed by atoms with van der Waals surface area (Å²) in [7, 11) is 2.19. The molecule has 1 aromatic carbocycles. The first-order valence-electron chi connectivity index (χ1n) is 5.50. The quantitative estimate of drug-likeness (QED) is 0.774. The maximum absolute atomic E-state index is 3.68. The van der Waals surface area contributed by atoms with Gasteiger partial charge in [0, 0.05) is 36.2 Å². The maximum Gasteiger partial charge on any atom is 0.0403 e. The van der Waals surface area contributed by atoms with Crippen molar-refractivity contribution in [2.24, 2.45) is 0 Å². The van der Waals surface area contributed by atoms with Crippen molar-refractivity contribution < 1.29 is 0 Å². The molecule has 0 aromatic heterocycles. The highest BCUT2D eigenvalue weighted by Gasteiger charge is 2.30. The second kappa shape index (κ2) is 3.49. The van der Waals surface area contributed by atoms with Gasteiger partial charge in [-0.2, -0.15) is 0 Å². The van der Waals surface area contributed by atoms with E-state index in [-0.39, 0.29) is 0 Å². The van der Waals surface area contributed by atoms with E-state index < -0.39 is 0 Å². The molecular formula is C12H15BrN2. The van der Waals surface area contributed by atoms with Gasteiger partial charge in [0.1, 0.15) is 0 Å². The third-order valence-corrected chi connectivity index (χ3v) is 4.28. The molecule has 80 valence electrons. The van der Waals surface area contributed by atoms with Crippen molar-refractivity contribution in [2.75, 3.05) is 31.6 Å². The molecule has 1 N–H and O–H groups in total. The van der Waals surface area contributed by atoms with Gasteiger partial charge in [-0.15, -0.1) is 0 Å². The number of benzene rings is 1. The van der Waals surface area contributed by atoms with E-state index in [1.165, 1.54) is 15.7 Å². The Morgan fingerprint density at radius 1 is 1.47 bits per heavy atom. The first-order valence-corrected chi connectivity index (χ1v) is 6.30. The average molecular weight is 267 g/mol. The number of rotatable bonds is 0. The van der Waals surface area contributed by atoms with E-state index in [0.29, 0.717) is 5.92 Å². The molecule has 0 amide bonds. The third kappa shape index (κ3) is 1.41. The number of hydrogen-bond donors (Lipinski definition) is 1. The highest BCUT2D eigenvalue weighted by Crippen LogP contribution is 2.41. The van der Waals surface area contributed by atoms with Crippen molar-refractivity contribution >= 4 is 21.6 Å². The SMILES string of the molecule is CN1CC2CNCCc3c(Br)ccc1c32. The number of anilines is 1. The molecule has 0 radical (unpaired) electrons. The zero-order valence-corrected chi connectivity index (χ0v) is 10.5. The summed E-state index contributed by atoms with van der Waals surface area (Å²) >= 11 is 3.68. The highest BCUT2D eigenvalue weighted by atomic mass is 79.9. The molecule has 0 spiro atoms. The Hall–Kier alpha value is -0.540. The molecular weight excluding hydrogens is 252 g/mol. The van der Waals surface area contributed by atoms with E-state index in [1.54, 1.807) is 5.56 Å². The van der Waals surface area contributed by atoms with E-state index in [9.17, 15) is 0 Å². The lowest BCUT2D eigenvalue weighted by Gasteiger charge is -2.14. The zero-order valence-electron chi connectivity index (χ0n) is 8.89. The van der Waals surface area contributed by atoms with Crippen LogP contribution >= 0.6 is 15.9 Å². The summed E-state index contributed by atoms with van der Waals surface area (Å²) in [6, 6.07) is 4.44. The van der Waals surface area contributed by atoms with Gasteiger partial charge in [-0.05, 0) is 36.2 Å². The minimum Gasteiger partial charge on any atom is -0.374 e. The predicted molar refractivity (Wildman–Crippen MR) is 66.7 cm³/mol. The highest BCUT2D eigenvalue weighted by molar-refractivity contribution is 9.10. The fraction of sp³-hybridized carbons (Fsp3) is 0.500. The first-order chi connectivity index (χ1) is 7.27. The molecule has 0 fully saturated rings. The fourth-order valence-electron chi connectivity index (χ4n) is 2.84. The van der Waals surface area contributed by atoms with Crippen LogP contribution in [0.15, 0.2) is 16.6 Å². The average Bonchev–Trinajstić information content (AvgIpc) is 2.43. The van der Waals surface area contributed by atoms with Gasteiger partial charge in [0.05, 0.1) is 0 Å². The molecule has 0 aliphatic carbocycles. The Kier molecular flexibility index (Phi) is 2.25. The molecule has 0 saturated heterocycles. The fourth-order valence-corrected chi connectivity index (χ4v) is 3.39. The molecule has 2 heterocycles. The van der Waals surface area contributed by atoms with Crippen molar-refractivity contribution in [1.82, 2.24) is 5.32 Å². The topological polar surface area (TPSA) is 15.3 Å². The second-order valence-electron chi connectivity index (χ2n) is 4.49. The molecule has 1 unspecified atom stereocenters. The van der Waals surface area contributed by atoms with Gasteiger partial charge in [-0.25, -0.2) is 0 Å². The van der Waals surface area contributed by atoms with Crippen molar-refractivity contribution in [1.29, 1.82) is 0 Å². The van der Waals surface area contributed by atoms with Crippen LogP contribution < -0.4 is 10.2 Å². The van der Waals surface area contributed by atoms with Crippen molar-refractivity contribution in [3.63, 3.8) is 0 Å². The van der Waals surface area contributed by atoms with Gasteiger partial charge in [-0.3, -0.25) is 0 Å². The van der Waals surface area contributed by atoms with Crippen molar-refractivity contribution in [3.05, 3.63) is 27.7 Å². The molecule has 3 rings (SSSR count). The van der Waals surface area contributed by atoms with Crippen LogP contribution in [0.1, 0.15) is 17.0 Å². The van der Waals surface area contributed by atoms with Crippen LogP contribution in [-0.4, -0.2) is 26.7 Å². The molecule has 2 nitrogen and oxygen atoms in total. The minimum atomic E-state index is 0.681. The van der Waals surface area contributed by atoms with Crippen molar-refractivity contribution in [2.45, 2.75) is 12.3 Å². The minimum absolute atomic E-state index is 0.681. The predicted octanol–water partition coefficient (Wildman–Crippen LogP) is 2.13. The number of likely N-dealkylation sites (N-methyl/N-ethyl adjacent to an activating group) is 1. The number of hydrogen-bond acceptors (Lipinski definition) is 2. The molecule has 3 heteroatoms. The summed E-state index contributed by atoms with van der Waals surface area (Å²) in [5.74, 6) is 0.681. The second-order valence-corrected chi connectivity index (χ2v) is 5.34. The summed E-state index contributed by atoms with van der Waals surface area (Å²) in [6.07, 6.45) is 1.15. The van der Waals surface area contributed by atoms with Crippen LogP contribution in [0.5, 0.6) is 0 Å². The standard InChI is InChI=1S/C12H15BrN2/c1-15-7-8-6-14-5-4-9-10(13)2-3-11(15)12(8)9/h2-3,8,14H,4-7H2,1H3. The van der Waals surface area contributed by atoms with Crippen LogP contribution in [0.2, 0.25) is 0 Å². The Labute approximate surface area is 98.8 Å².